The summed E-state index contributed by atoms with van der Waals surface area (Å²) in [6, 6.07) is 12.8. The molecule has 6 nitrogen and oxygen atoms in total. The first kappa shape index (κ1) is 19.9. The van der Waals surface area contributed by atoms with Gasteiger partial charge in [0.1, 0.15) is 16.6 Å². The van der Waals surface area contributed by atoms with E-state index in [2.05, 4.69) is 10.2 Å². The van der Waals surface area contributed by atoms with Crippen LogP contribution < -0.4 is 4.74 Å². The normalized spacial score (nSPS) is 17.9. The number of ether oxygens (including phenoxy) is 1. The van der Waals surface area contributed by atoms with Crippen molar-refractivity contribution < 1.29 is 17.5 Å². The molecule has 0 N–H and O–H groups in total. The number of benzene rings is 2. The lowest BCUT2D eigenvalue weighted by Gasteiger charge is -2.30. The number of methoxy groups -OCH3 is 1. The Morgan fingerprint density at radius 2 is 1.90 bits per heavy atom. The Balaban J connectivity index is 1.55. The molecular formula is C20H20FN3O3S2. The van der Waals surface area contributed by atoms with Crippen molar-refractivity contribution in [3.05, 3.63) is 59.4 Å². The second-order valence-corrected chi connectivity index (χ2v) is 9.75. The zero-order chi connectivity index (χ0) is 20.4. The predicted octanol–water partition coefficient (Wildman–Crippen LogP) is 3.92. The number of sulfonamides is 1. The monoisotopic (exact) mass is 433 g/mol. The maximum Gasteiger partial charge on any atom is 0.243 e. The topological polar surface area (TPSA) is 72.4 Å². The molecule has 9 heteroatoms. The molecule has 0 bridgehead atoms. The number of nitrogens with zero attached hydrogens (tertiary/aromatic N) is 3. The van der Waals surface area contributed by atoms with Gasteiger partial charge in [0.25, 0.3) is 0 Å². The van der Waals surface area contributed by atoms with Crippen LogP contribution in [0.1, 0.15) is 23.8 Å². The molecule has 2 aromatic carbocycles. The average Bonchev–Trinajstić information content (AvgIpc) is 3.24. The highest BCUT2D eigenvalue weighted by Gasteiger charge is 2.32. The third-order valence-electron chi connectivity index (χ3n) is 4.98. The first-order valence-corrected chi connectivity index (χ1v) is 11.5. The van der Waals surface area contributed by atoms with Crippen LogP contribution >= 0.6 is 11.3 Å². The summed E-state index contributed by atoms with van der Waals surface area (Å²) in [6.45, 7) is 0.796. The molecule has 0 aliphatic carbocycles. The lowest BCUT2D eigenvalue weighted by molar-refractivity contribution is 0.314. The minimum absolute atomic E-state index is 0.0604. The molecule has 1 aliphatic heterocycles. The summed E-state index contributed by atoms with van der Waals surface area (Å²) < 4.78 is 46.7. The molecule has 152 valence electrons. The van der Waals surface area contributed by atoms with E-state index in [9.17, 15) is 12.8 Å². The number of hydrogen-bond acceptors (Lipinski definition) is 6. The molecule has 1 unspecified atom stereocenters. The van der Waals surface area contributed by atoms with Crippen molar-refractivity contribution in [1.29, 1.82) is 0 Å². The molecule has 1 atom stereocenters. The van der Waals surface area contributed by atoms with E-state index in [0.29, 0.717) is 29.4 Å². The van der Waals surface area contributed by atoms with Gasteiger partial charge in [-0.2, -0.15) is 4.31 Å². The molecule has 0 amide bonds. The highest BCUT2D eigenvalue weighted by atomic mass is 32.2. The van der Waals surface area contributed by atoms with Crippen LogP contribution in [-0.4, -0.2) is 43.1 Å². The SMILES string of the molecule is COc1ccc(S(=O)(=O)N2CCCC(c3nnc(-c4ccccc4F)s3)C2)cc1. The van der Waals surface area contributed by atoms with Crippen LogP contribution in [-0.2, 0) is 10.0 Å². The van der Waals surface area contributed by atoms with E-state index in [1.54, 1.807) is 42.5 Å². The lowest BCUT2D eigenvalue weighted by atomic mass is 10.0. The van der Waals surface area contributed by atoms with Crippen molar-refractivity contribution in [3.8, 4) is 16.3 Å². The Kier molecular flexibility index (Phi) is 5.62. The molecule has 1 aromatic heterocycles. The van der Waals surface area contributed by atoms with Gasteiger partial charge in [-0.25, -0.2) is 12.8 Å². The predicted molar refractivity (Wildman–Crippen MR) is 109 cm³/mol. The summed E-state index contributed by atoms with van der Waals surface area (Å²) in [5, 5.41) is 9.61. The molecule has 0 spiro atoms. The van der Waals surface area contributed by atoms with Crippen LogP contribution in [0.15, 0.2) is 53.4 Å². The zero-order valence-corrected chi connectivity index (χ0v) is 17.4. The first-order chi connectivity index (χ1) is 14.0. The van der Waals surface area contributed by atoms with Gasteiger partial charge < -0.3 is 4.74 Å². The number of aromatic nitrogens is 2. The Hall–Kier alpha value is -2.36. The Morgan fingerprint density at radius 1 is 1.14 bits per heavy atom. The summed E-state index contributed by atoms with van der Waals surface area (Å²) in [7, 11) is -2.07. The average molecular weight is 434 g/mol. The van der Waals surface area contributed by atoms with Crippen molar-refractivity contribution in [3.63, 3.8) is 0 Å². The van der Waals surface area contributed by atoms with Crippen LogP contribution in [0.5, 0.6) is 5.75 Å². The lowest BCUT2D eigenvalue weighted by Crippen LogP contribution is -2.39. The minimum Gasteiger partial charge on any atom is -0.497 e. The van der Waals surface area contributed by atoms with Crippen molar-refractivity contribution in [2.45, 2.75) is 23.7 Å². The summed E-state index contributed by atoms with van der Waals surface area (Å²) in [6.07, 6.45) is 1.55. The largest absolute Gasteiger partial charge is 0.497 e. The van der Waals surface area contributed by atoms with Crippen molar-refractivity contribution in [2.75, 3.05) is 20.2 Å². The number of rotatable bonds is 5. The first-order valence-electron chi connectivity index (χ1n) is 9.21. The van der Waals surface area contributed by atoms with Crippen LogP contribution in [0.4, 0.5) is 4.39 Å². The number of piperidine rings is 1. The van der Waals surface area contributed by atoms with Gasteiger partial charge in [-0.1, -0.05) is 23.5 Å². The van der Waals surface area contributed by atoms with Crippen LogP contribution in [0.3, 0.4) is 0 Å². The maximum atomic E-state index is 14.0. The Bertz CT molecular complexity index is 1100. The van der Waals surface area contributed by atoms with Gasteiger partial charge in [-0.05, 0) is 49.2 Å². The van der Waals surface area contributed by atoms with Crippen molar-refractivity contribution in [1.82, 2.24) is 14.5 Å². The molecular weight excluding hydrogens is 413 g/mol. The van der Waals surface area contributed by atoms with E-state index in [1.807, 2.05) is 0 Å². The smallest absolute Gasteiger partial charge is 0.243 e. The van der Waals surface area contributed by atoms with E-state index in [0.717, 1.165) is 17.8 Å². The van der Waals surface area contributed by atoms with E-state index < -0.39 is 10.0 Å². The van der Waals surface area contributed by atoms with Gasteiger partial charge >= 0.3 is 0 Å². The Morgan fingerprint density at radius 3 is 2.62 bits per heavy atom. The number of halogens is 1. The van der Waals surface area contributed by atoms with Gasteiger partial charge in [-0.3, -0.25) is 0 Å². The highest BCUT2D eigenvalue weighted by molar-refractivity contribution is 7.89. The number of hydrogen-bond donors (Lipinski definition) is 0. The second kappa shape index (κ2) is 8.17. The molecule has 29 heavy (non-hydrogen) atoms. The zero-order valence-electron chi connectivity index (χ0n) is 15.8. The van der Waals surface area contributed by atoms with Crippen LogP contribution in [0, 0.1) is 5.82 Å². The molecule has 4 rings (SSSR count). The fourth-order valence-corrected chi connectivity index (χ4v) is 5.92. The van der Waals surface area contributed by atoms with Crippen LogP contribution in [0.25, 0.3) is 10.6 Å². The molecule has 1 aliphatic rings. The second-order valence-electron chi connectivity index (χ2n) is 6.80. The van der Waals surface area contributed by atoms with Crippen molar-refractivity contribution in [2.24, 2.45) is 0 Å². The van der Waals surface area contributed by atoms with Crippen molar-refractivity contribution >= 4 is 21.4 Å². The van der Waals surface area contributed by atoms with E-state index >= 15 is 0 Å². The fourth-order valence-electron chi connectivity index (χ4n) is 3.40. The third-order valence-corrected chi connectivity index (χ3v) is 7.97. The van der Waals surface area contributed by atoms with E-state index in [1.165, 1.54) is 28.8 Å². The van der Waals surface area contributed by atoms with Crippen LogP contribution in [0.2, 0.25) is 0 Å². The third kappa shape index (κ3) is 4.03. The van der Waals surface area contributed by atoms with Gasteiger partial charge in [0.2, 0.25) is 10.0 Å². The summed E-state index contributed by atoms with van der Waals surface area (Å²) in [5.74, 6) is 0.201. The molecule has 1 fully saturated rings. The molecule has 0 saturated carbocycles. The minimum atomic E-state index is -3.61. The van der Waals surface area contributed by atoms with Gasteiger partial charge in [0, 0.05) is 24.6 Å². The Labute approximate surface area is 173 Å². The maximum absolute atomic E-state index is 14.0. The van der Waals surface area contributed by atoms with Gasteiger partial charge in [0.05, 0.1) is 12.0 Å². The van der Waals surface area contributed by atoms with E-state index in [-0.39, 0.29) is 16.6 Å². The van der Waals surface area contributed by atoms with E-state index in [4.69, 9.17) is 4.74 Å². The summed E-state index contributed by atoms with van der Waals surface area (Å²) in [4.78, 5) is 0.239. The molecule has 0 radical (unpaired) electrons. The van der Waals surface area contributed by atoms with Gasteiger partial charge in [0.15, 0.2) is 5.01 Å². The summed E-state index contributed by atoms with van der Waals surface area (Å²) >= 11 is 1.32. The standard InChI is InChI=1S/C20H20FN3O3S2/c1-27-15-8-10-16(11-9-15)29(25,26)24-12-4-5-14(13-24)19-22-23-20(28-19)17-6-2-3-7-18(17)21/h2-3,6-11,14H,4-5,12-13H2,1H3. The fraction of sp³-hybridized carbons (Fsp3) is 0.300. The molecule has 2 heterocycles. The summed E-state index contributed by atoms with van der Waals surface area (Å²) in [5.41, 5.74) is 0.412. The van der Waals surface area contributed by atoms with Gasteiger partial charge in [-0.15, -0.1) is 10.2 Å². The highest BCUT2D eigenvalue weighted by Crippen LogP contribution is 2.35. The quantitative estimate of drug-likeness (QED) is 0.610. The molecule has 3 aromatic rings. The molecule has 1 saturated heterocycles.